The molecule has 7 nitrogen and oxygen atoms in total. The van der Waals surface area contributed by atoms with E-state index in [1.807, 2.05) is 6.07 Å². The van der Waals surface area contributed by atoms with Crippen molar-refractivity contribution < 1.29 is 19.4 Å². The lowest BCUT2D eigenvalue weighted by molar-refractivity contribution is -0.137. The molecule has 0 unspecified atom stereocenters. The average molecular weight is 297 g/mol. The van der Waals surface area contributed by atoms with Crippen LogP contribution in [0.2, 0.25) is 0 Å². The Bertz CT molecular complexity index is 388. The van der Waals surface area contributed by atoms with Crippen molar-refractivity contribution in [2.75, 3.05) is 26.8 Å². The molecule has 0 radical (unpaired) electrons. The van der Waals surface area contributed by atoms with Gasteiger partial charge in [-0.3, -0.25) is 9.59 Å². The van der Waals surface area contributed by atoms with Crippen LogP contribution in [0.4, 0.5) is 0 Å². The van der Waals surface area contributed by atoms with E-state index >= 15 is 0 Å². The summed E-state index contributed by atoms with van der Waals surface area (Å²) in [7, 11) is 1.59. The van der Waals surface area contributed by atoms with Crippen LogP contribution < -0.4 is 10.6 Å². The Morgan fingerprint density at radius 3 is 2.62 bits per heavy atom. The van der Waals surface area contributed by atoms with Crippen molar-refractivity contribution in [3.63, 3.8) is 0 Å². The maximum atomic E-state index is 11.6. The zero-order valence-electron chi connectivity index (χ0n) is 12.4. The number of carboxylic acid groups (broad SMARTS) is 1. The summed E-state index contributed by atoms with van der Waals surface area (Å²) in [6.45, 7) is 1.61. The monoisotopic (exact) mass is 297 g/mol. The molecule has 0 aliphatic carbocycles. The van der Waals surface area contributed by atoms with Crippen molar-refractivity contribution in [3.05, 3.63) is 11.8 Å². The van der Waals surface area contributed by atoms with Crippen molar-refractivity contribution in [3.8, 4) is 6.07 Å². The zero-order valence-corrected chi connectivity index (χ0v) is 12.4. The van der Waals surface area contributed by atoms with Crippen molar-refractivity contribution in [2.45, 2.75) is 32.1 Å². The molecular weight excluding hydrogens is 274 g/mol. The average Bonchev–Trinajstić information content (AvgIpc) is 2.46. The van der Waals surface area contributed by atoms with E-state index in [1.54, 1.807) is 7.11 Å². The van der Waals surface area contributed by atoms with Crippen LogP contribution in [0.15, 0.2) is 11.8 Å². The highest BCUT2D eigenvalue weighted by Crippen LogP contribution is 1.99. The predicted octanol–water partition coefficient (Wildman–Crippen LogP) is 0.781. The highest BCUT2D eigenvalue weighted by atomic mass is 16.5. The minimum absolute atomic E-state index is 0.0259. The van der Waals surface area contributed by atoms with Crippen molar-refractivity contribution >= 4 is 11.9 Å². The number of rotatable bonds is 12. The van der Waals surface area contributed by atoms with Gasteiger partial charge in [0.1, 0.15) is 11.6 Å². The van der Waals surface area contributed by atoms with Gasteiger partial charge in [0.15, 0.2) is 0 Å². The molecule has 0 aromatic rings. The molecule has 1 amide bonds. The van der Waals surface area contributed by atoms with Gasteiger partial charge in [-0.25, -0.2) is 0 Å². The largest absolute Gasteiger partial charge is 0.481 e. The molecule has 0 atom stereocenters. The molecule has 3 N–H and O–H groups in total. The van der Waals surface area contributed by atoms with Crippen LogP contribution in [0.3, 0.4) is 0 Å². The Hall–Kier alpha value is -2.07. The third-order valence-electron chi connectivity index (χ3n) is 2.63. The van der Waals surface area contributed by atoms with Crippen LogP contribution in [0, 0.1) is 11.3 Å². The number of carbonyl (C=O) groups is 2. The summed E-state index contributed by atoms with van der Waals surface area (Å²) in [6.07, 6.45) is 4.46. The van der Waals surface area contributed by atoms with Gasteiger partial charge in [0, 0.05) is 39.4 Å². The van der Waals surface area contributed by atoms with Crippen molar-refractivity contribution in [1.82, 2.24) is 10.6 Å². The molecule has 21 heavy (non-hydrogen) atoms. The second-order valence-electron chi connectivity index (χ2n) is 4.43. The molecule has 0 aliphatic heterocycles. The van der Waals surface area contributed by atoms with Gasteiger partial charge >= 0.3 is 5.97 Å². The lowest BCUT2D eigenvalue weighted by Gasteiger charge is -2.04. The fraction of sp³-hybridized carbons (Fsp3) is 0.643. The van der Waals surface area contributed by atoms with Gasteiger partial charge in [0.05, 0.1) is 0 Å². The van der Waals surface area contributed by atoms with E-state index < -0.39 is 11.9 Å². The quantitative estimate of drug-likeness (QED) is 0.279. The van der Waals surface area contributed by atoms with Gasteiger partial charge in [-0.05, 0) is 19.3 Å². The summed E-state index contributed by atoms with van der Waals surface area (Å²) in [5.41, 5.74) is 0.0259. The van der Waals surface area contributed by atoms with Crippen LogP contribution in [0.1, 0.15) is 32.1 Å². The first kappa shape index (κ1) is 18.9. The Morgan fingerprint density at radius 2 is 2.00 bits per heavy atom. The third kappa shape index (κ3) is 11.5. The van der Waals surface area contributed by atoms with Crippen LogP contribution in [-0.4, -0.2) is 43.8 Å². The predicted molar refractivity (Wildman–Crippen MR) is 77.3 cm³/mol. The lowest BCUT2D eigenvalue weighted by Crippen LogP contribution is -2.27. The van der Waals surface area contributed by atoms with Gasteiger partial charge in [0.25, 0.3) is 5.91 Å². The Labute approximate surface area is 125 Å². The molecule has 0 spiro atoms. The van der Waals surface area contributed by atoms with Gasteiger partial charge < -0.3 is 20.5 Å². The lowest BCUT2D eigenvalue weighted by atomic mass is 10.2. The van der Waals surface area contributed by atoms with Crippen LogP contribution in [-0.2, 0) is 14.3 Å². The summed E-state index contributed by atoms with van der Waals surface area (Å²) in [4.78, 5) is 21.9. The number of nitrogens with one attached hydrogen (secondary N) is 2. The summed E-state index contributed by atoms with van der Waals surface area (Å²) < 4.78 is 4.86. The van der Waals surface area contributed by atoms with E-state index in [9.17, 15) is 9.59 Å². The number of carbonyl (C=O) groups excluding carboxylic acids is 1. The molecule has 0 heterocycles. The fourth-order valence-corrected chi connectivity index (χ4v) is 1.52. The van der Waals surface area contributed by atoms with Gasteiger partial charge in [-0.2, -0.15) is 5.26 Å². The van der Waals surface area contributed by atoms with E-state index in [-0.39, 0.29) is 12.0 Å². The van der Waals surface area contributed by atoms with Crippen LogP contribution in [0.5, 0.6) is 0 Å². The van der Waals surface area contributed by atoms with E-state index in [4.69, 9.17) is 15.1 Å². The fourth-order valence-electron chi connectivity index (χ4n) is 1.52. The number of unbranched alkanes of at least 4 members (excludes halogenated alkanes) is 2. The molecule has 0 aromatic heterocycles. The first-order chi connectivity index (χ1) is 10.1. The number of ether oxygens (including phenoxy) is 1. The molecule has 0 saturated heterocycles. The molecule has 7 heteroatoms. The number of nitriles is 1. The number of nitrogens with zero attached hydrogens (tertiary/aromatic N) is 1. The van der Waals surface area contributed by atoms with Crippen molar-refractivity contribution in [1.29, 1.82) is 5.26 Å². The van der Waals surface area contributed by atoms with Gasteiger partial charge in [-0.1, -0.05) is 6.42 Å². The highest BCUT2D eigenvalue weighted by Gasteiger charge is 2.07. The molecule has 0 fully saturated rings. The summed E-state index contributed by atoms with van der Waals surface area (Å²) in [6, 6.07) is 1.84. The van der Waals surface area contributed by atoms with E-state index in [0.29, 0.717) is 32.5 Å². The maximum absolute atomic E-state index is 11.6. The van der Waals surface area contributed by atoms with E-state index in [0.717, 1.165) is 12.8 Å². The topological polar surface area (TPSA) is 111 Å². The molecule has 0 bridgehead atoms. The highest BCUT2D eigenvalue weighted by molar-refractivity contribution is 5.97. The van der Waals surface area contributed by atoms with Crippen molar-refractivity contribution in [2.24, 2.45) is 0 Å². The minimum atomic E-state index is -0.792. The smallest absolute Gasteiger partial charge is 0.303 e. The Kier molecular flexibility index (Phi) is 11.7. The molecule has 118 valence electrons. The Balaban J connectivity index is 3.81. The maximum Gasteiger partial charge on any atom is 0.303 e. The summed E-state index contributed by atoms with van der Waals surface area (Å²) in [5.74, 6) is -1.20. The van der Waals surface area contributed by atoms with Gasteiger partial charge in [-0.15, -0.1) is 0 Å². The normalized spacial score (nSPS) is 10.8. The number of methoxy groups -OCH3 is 1. The summed E-state index contributed by atoms with van der Waals surface area (Å²) in [5, 5.41) is 22.9. The van der Waals surface area contributed by atoms with Crippen LogP contribution >= 0.6 is 0 Å². The first-order valence-corrected chi connectivity index (χ1v) is 6.94. The molecular formula is C14H23N3O4. The number of aliphatic carboxylic acids is 1. The number of carboxylic acids is 1. The zero-order chi connectivity index (χ0) is 15.9. The standard InChI is InChI=1S/C14H23N3O4/c1-21-9-5-8-17-14(20)12(10-15)11-16-7-4-2-3-6-13(18)19/h11,16H,2-9H2,1H3,(H,17,20)(H,18,19)/b12-11-. The Morgan fingerprint density at radius 1 is 1.24 bits per heavy atom. The minimum Gasteiger partial charge on any atom is -0.481 e. The third-order valence-corrected chi connectivity index (χ3v) is 2.63. The number of hydrogen-bond donors (Lipinski definition) is 3. The summed E-state index contributed by atoms with van der Waals surface area (Å²) >= 11 is 0. The molecule has 0 saturated carbocycles. The molecule has 0 rings (SSSR count). The van der Waals surface area contributed by atoms with E-state index in [2.05, 4.69) is 10.6 Å². The SMILES string of the molecule is COCCCNC(=O)/C(C#N)=C\NCCCCCC(=O)O. The van der Waals surface area contributed by atoms with Gasteiger partial charge in [0.2, 0.25) is 0 Å². The number of hydrogen-bond acceptors (Lipinski definition) is 5. The molecule has 0 aliphatic rings. The second-order valence-corrected chi connectivity index (χ2v) is 4.43. The number of amides is 1. The first-order valence-electron chi connectivity index (χ1n) is 6.94. The molecule has 0 aromatic carbocycles. The van der Waals surface area contributed by atoms with Crippen LogP contribution in [0.25, 0.3) is 0 Å². The second kappa shape index (κ2) is 12.9. The van der Waals surface area contributed by atoms with E-state index in [1.165, 1.54) is 6.20 Å².